The SMILES string of the molecule is Cc1c(Nc2ncccn2)cnn1C. The molecule has 5 nitrogen and oxygen atoms in total. The Morgan fingerprint density at radius 2 is 2.00 bits per heavy atom. The smallest absolute Gasteiger partial charge is 0.227 e. The summed E-state index contributed by atoms with van der Waals surface area (Å²) in [5.41, 5.74) is 1.98. The van der Waals surface area contributed by atoms with E-state index in [4.69, 9.17) is 0 Å². The summed E-state index contributed by atoms with van der Waals surface area (Å²) in [6, 6.07) is 1.78. The summed E-state index contributed by atoms with van der Waals surface area (Å²) in [4.78, 5) is 8.13. The highest BCUT2D eigenvalue weighted by Gasteiger charge is 2.03. The number of nitrogens with zero attached hydrogens (tertiary/aromatic N) is 4. The van der Waals surface area contributed by atoms with E-state index in [2.05, 4.69) is 20.4 Å². The van der Waals surface area contributed by atoms with Crippen LogP contribution in [0.4, 0.5) is 11.6 Å². The molecule has 2 aromatic heterocycles. The third kappa shape index (κ3) is 1.56. The molecule has 2 aromatic rings. The van der Waals surface area contributed by atoms with Crippen LogP contribution in [-0.4, -0.2) is 19.7 Å². The van der Waals surface area contributed by atoms with E-state index < -0.39 is 0 Å². The van der Waals surface area contributed by atoms with E-state index in [0.29, 0.717) is 5.95 Å². The molecular formula is C9H11N5. The van der Waals surface area contributed by atoms with Crippen molar-refractivity contribution in [2.45, 2.75) is 6.92 Å². The van der Waals surface area contributed by atoms with Crippen molar-refractivity contribution in [2.24, 2.45) is 7.05 Å². The molecule has 0 saturated carbocycles. The van der Waals surface area contributed by atoms with Crippen LogP contribution in [0.15, 0.2) is 24.7 Å². The summed E-state index contributed by atoms with van der Waals surface area (Å²) in [7, 11) is 1.90. The second-order valence-electron chi connectivity index (χ2n) is 2.96. The minimum Gasteiger partial charge on any atom is -0.321 e. The molecule has 0 aliphatic heterocycles. The lowest BCUT2D eigenvalue weighted by atomic mass is 10.4. The second-order valence-corrected chi connectivity index (χ2v) is 2.96. The summed E-state index contributed by atoms with van der Waals surface area (Å²) >= 11 is 0. The summed E-state index contributed by atoms with van der Waals surface area (Å²) < 4.78 is 1.80. The van der Waals surface area contributed by atoms with Crippen molar-refractivity contribution in [1.82, 2.24) is 19.7 Å². The lowest BCUT2D eigenvalue weighted by Gasteiger charge is -2.02. The zero-order valence-corrected chi connectivity index (χ0v) is 8.10. The Labute approximate surface area is 81.8 Å². The van der Waals surface area contributed by atoms with Crippen LogP contribution in [-0.2, 0) is 7.05 Å². The molecule has 1 N–H and O–H groups in total. The first-order valence-electron chi connectivity index (χ1n) is 4.30. The van der Waals surface area contributed by atoms with Gasteiger partial charge in [-0.3, -0.25) is 4.68 Å². The van der Waals surface area contributed by atoms with Crippen molar-refractivity contribution in [1.29, 1.82) is 0 Å². The molecule has 0 aromatic carbocycles. The molecule has 72 valence electrons. The molecule has 2 rings (SSSR count). The first-order valence-corrected chi connectivity index (χ1v) is 4.30. The molecule has 0 amide bonds. The maximum Gasteiger partial charge on any atom is 0.227 e. The van der Waals surface area contributed by atoms with Gasteiger partial charge in [0.25, 0.3) is 0 Å². The van der Waals surface area contributed by atoms with Gasteiger partial charge in [0, 0.05) is 19.4 Å². The van der Waals surface area contributed by atoms with Crippen LogP contribution < -0.4 is 5.32 Å². The van der Waals surface area contributed by atoms with Gasteiger partial charge in [-0.05, 0) is 13.0 Å². The molecule has 0 radical (unpaired) electrons. The summed E-state index contributed by atoms with van der Waals surface area (Å²) in [5, 5.41) is 7.20. The molecule has 0 unspecified atom stereocenters. The van der Waals surface area contributed by atoms with Gasteiger partial charge in [-0.2, -0.15) is 5.10 Å². The number of aryl methyl sites for hydroxylation is 1. The monoisotopic (exact) mass is 189 g/mol. The fraction of sp³-hybridized carbons (Fsp3) is 0.222. The number of hydrogen-bond donors (Lipinski definition) is 1. The average Bonchev–Trinajstić information content (AvgIpc) is 2.52. The van der Waals surface area contributed by atoms with Crippen LogP contribution in [0.25, 0.3) is 0 Å². The zero-order chi connectivity index (χ0) is 9.97. The molecule has 0 saturated heterocycles. The summed E-state index contributed by atoms with van der Waals surface area (Å²) in [5.74, 6) is 0.587. The van der Waals surface area contributed by atoms with Crippen molar-refractivity contribution in [2.75, 3.05) is 5.32 Å². The topological polar surface area (TPSA) is 55.6 Å². The van der Waals surface area contributed by atoms with Crippen LogP contribution in [0, 0.1) is 6.92 Å². The minimum absolute atomic E-state index is 0.587. The van der Waals surface area contributed by atoms with Gasteiger partial charge in [-0.15, -0.1) is 0 Å². The predicted octanol–water partition coefficient (Wildman–Crippen LogP) is 1.26. The van der Waals surface area contributed by atoms with Gasteiger partial charge in [-0.1, -0.05) is 0 Å². The van der Waals surface area contributed by atoms with E-state index in [-0.39, 0.29) is 0 Å². The normalized spacial score (nSPS) is 10.1. The van der Waals surface area contributed by atoms with E-state index in [9.17, 15) is 0 Å². The highest BCUT2D eigenvalue weighted by molar-refractivity contribution is 5.54. The molecule has 0 bridgehead atoms. The van der Waals surface area contributed by atoms with E-state index in [1.807, 2.05) is 14.0 Å². The highest BCUT2D eigenvalue weighted by Crippen LogP contribution is 2.15. The van der Waals surface area contributed by atoms with Crippen molar-refractivity contribution in [3.8, 4) is 0 Å². The number of aromatic nitrogens is 4. The Hall–Kier alpha value is -1.91. The minimum atomic E-state index is 0.587. The molecule has 0 fully saturated rings. The lowest BCUT2D eigenvalue weighted by Crippen LogP contribution is -1.98. The lowest BCUT2D eigenvalue weighted by molar-refractivity contribution is 0.740. The third-order valence-corrected chi connectivity index (χ3v) is 2.05. The van der Waals surface area contributed by atoms with E-state index in [1.165, 1.54) is 0 Å². The van der Waals surface area contributed by atoms with Crippen LogP contribution in [0.2, 0.25) is 0 Å². The molecule has 0 spiro atoms. The molecule has 2 heterocycles. The maximum atomic E-state index is 4.11. The Bertz CT molecular complexity index is 420. The van der Waals surface area contributed by atoms with Gasteiger partial charge in [0.1, 0.15) is 0 Å². The number of nitrogens with one attached hydrogen (secondary N) is 1. The van der Waals surface area contributed by atoms with Crippen LogP contribution >= 0.6 is 0 Å². The molecule has 0 atom stereocenters. The fourth-order valence-corrected chi connectivity index (χ4v) is 1.11. The zero-order valence-electron chi connectivity index (χ0n) is 8.10. The largest absolute Gasteiger partial charge is 0.321 e. The van der Waals surface area contributed by atoms with Crippen molar-refractivity contribution >= 4 is 11.6 Å². The van der Waals surface area contributed by atoms with Gasteiger partial charge >= 0.3 is 0 Å². The fourth-order valence-electron chi connectivity index (χ4n) is 1.11. The highest BCUT2D eigenvalue weighted by atomic mass is 15.3. The van der Waals surface area contributed by atoms with Crippen molar-refractivity contribution in [3.05, 3.63) is 30.4 Å². The van der Waals surface area contributed by atoms with Gasteiger partial charge in [-0.25, -0.2) is 9.97 Å². The number of anilines is 2. The van der Waals surface area contributed by atoms with Crippen LogP contribution in [0.5, 0.6) is 0 Å². The second kappa shape index (κ2) is 3.45. The molecule has 5 heteroatoms. The quantitative estimate of drug-likeness (QED) is 0.772. The summed E-state index contributed by atoms with van der Waals surface area (Å²) in [6.07, 6.45) is 5.15. The van der Waals surface area contributed by atoms with Gasteiger partial charge in [0.05, 0.1) is 17.6 Å². The summed E-state index contributed by atoms with van der Waals surface area (Å²) in [6.45, 7) is 1.98. The Balaban J connectivity index is 2.23. The Morgan fingerprint density at radius 1 is 1.29 bits per heavy atom. The van der Waals surface area contributed by atoms with E-state index in [1.54, 1.807) is 29.3 Å². The van der Waals surface area contributed by atoms with E-state index >= 15 is 0 Å². The van der Waals surface area contributed by atoms with Gasteiger partial charge < -0.3 is 5.32 Å². The third-order valence-electron chi connectivity index (χ3n) is 2.05. The molecule has 0 aliphatic rings. The van der Waals surface area contributed by atoms with Gasteiger partial charge in [0.2, 0.25) is 5.95 Å². The number of hydrogen-bond acceptors (Lipinski definition) is 4. The van der Waals surface area contributed by atoms with Crippen LogP contribution in [0.1, 0.15) is 5.69 Å². The first kappa shape index (κ1) is 8.68. The predicted molar refractivity (Wildman–Crippen MR) is 53.3 cm³/mol. The maximum absolute atomic E-state index is 4.11. The number of rotatable bonds is 2. The van der Waals surface area contributed by atoms with Gasteiger partial charge in [0.15, 0.2) is 0 Å². The average molecular weight is 189 g/mol. The standard InChI is InChI=1S/C9H11N5/c1-7-8(6-12-14(7)2)13-9-10-4-3-5-11-9/h3-6H,1-2H3,(H,10,11,13). The van der Waals surface area contributed by atoms with Crippen molar-refractivity contribution < 1.29 is 0 Å². The van der Waals surface area contributed by atoms with Crippen LogP contribution in [0.3, 0.4) is 0 Å². The Morgan fingerprint density at radius 3 is 2.57 bits per heavy atom. The molecular weight excluding hydrogens is 178 g/mol. The molecule has 14 heavy (non-hydrogen) atoms. The molecule has 0 aliphatic carbocycles. The van der Waals surface area contributed by atoms with E-state index in [0.717, 1.165) is 11.4 Å². The Kier molecular flexibility index (Phi) is 2.14. The first-order chi connectivity index (χ1) is 6.77. The van der Waals surface area contributed by atoms with Crippen molar-refractivity contribution in [3.63, 3.8) is 0 Å².